The predicted molar refractivity (Wildman–Crippen MR) is 99.9 cm³/mol. The van der Waals surface area contributed by atoms with Crippen LogP contribution < -0.4 is 5.32 Å². The van der Waals surface area contributed by atoms with Gasteiger partial charge in [0.15, 0.2) is 0 Å². The smallest absolute Gasteiger partial charge is 0.379 e. The Bertz CT molecular complexity index is 627. The summed E-state index contributed by atoms with van der Waals surface area (Å²) in [7, 11) is -1.62. The van der Waals surface area contributed by atoms with E-state index in [1.807, 2.05) is 0 Å². The molecule has 0 aliphatic rings. The summed E-state index contributed by atoms with van der Waals surface area (Å²) in [4.78, 5) is 13.4. The second-order valence-electron chi connectivity index (χ2n) is 8.14. The minimum atomic E-state index is -1.62. The molecule has 0 radical (unpaired) electrons. The largest absolute Gasteiger partial charge is 0.389 e. The molecule has 10 heteroatoms. The van der Waals surface area contributed by atoms with Gasteiger partial charge in [0.05, 0.1) is 30.9 Å². The molecular formula is C15H28N6O3Si. The molecule has 0 amide bonds. The average Bonchev–Trinajstić information content (AvgIpc) is 2.83. The van der Waals surface area contributed by atoms with Crippen molar-refractivity contribution in [2.45, 2.75) is 58.2 Å². The van der Waals surface area contributed by atoms with E-state index in [1.165, 1.54) is 0 Å². The highest BCUT2D eigenvalue weighted by Crippen LogP contribution is 2.41. The molecule has 0 atom stereocenters. The van der Waals surface area contributed by atoms with Gasteiger partial charge in [0.1, 0.15) is 8.80 Å². The standard InChI is InChI=1S/C15H28N6O3Si/c1-14(2,3)25(15(4,5)6)13-11-12(21(22)23)18-20(13)8-10-24-9-7-17-19-16/h11,25H,7-10H2,1-6H3. The van der Waals surface area contributed by atoms with Gasteiger partial charge in [-0.2, -0.15) is 4.68 Å². The second kappa shape index (κ2) is 8.46. The van der Waals surface area contributed by atoms with E-state index in [0.717, 1.165) is 5.32 Å². The number of nitrogens with zero attached hydrogens (tertiary/aromatic N) is 6. The van der Waals surface area contributed by atoms with Crippen molar-refractivity contribution in [2.75, 3.05) is 19.8 Å². The SMILES string of the molecule is CC(C)(C)[SiH](c1cc([N+](=O)[O-])nn1CCOCCN=[N+]=[N-])C(C)(C)C. The summed E-state index contributed by atoms with van der Waals surface area (Å²) in [6.07, 6.45) is 0. The highest BCUT2D eigenvalue weighted by atomic mass is 28.3. The molecule has 1 heterocycles. The summed E-state index contributed by atoms with van der Waals surface area (Å²) in [6, 6.07) is 1.63. The van der Waals surface area contributed by atoms with Crippen molar-refractivity contribution in [2.24, 2.45) is 5.11 Å². The van der Waals surface area contributed by atoms with E-state index < -0.39 is 13.7 Å². The summed E-state index contributed by atoms with van der Waals surface area (Å²) in [6.45, 7) is 14.5. The number of rotatable bonds is 8. The third-order valence-corrected chi connectivity index (χ3v) is 8.38. The number of hydrogen-bond donors (Lipinski definition) is 0. The van der Waals surface area contributed by atoms with Crippen LogP contribution in [0.15, 0.2) is 11.2 Å². The summed E-state index contributed by atoms with van der Waals surface area (Å²) in [5.41, 5.74) is 8.23. The first kappa shape index (κ1) is 21.1. The summed E-state index contributed by atoms with van der Waals surface area (Å²) in [5, 5.41) is 19.9. The zero-order valence-electron chi connectivity index (χ0n) is 15.9. The van der Waals surface area contributed by atoms with Crippen LogP contribution >= 0.6 is 0 Å². The van der Waals surface area contributed by atoms with E-state index in [9.17, 15) is 10.1 Å². The summed E-state index contributed by atoms with van der Waals surface area (Å²) >= 11 is 0. The lowest BCUT2D eigenvalue weighted by Crippen LogP contribution is -2.49. The van der Waals surface area contributed by atoms with Gasteiger partial charge in [-0.05, 0) is 20.5 Å². The Morgan fingerprint density at radius 3 is 2.40 bits per heavy atom. The van der Waals surface area contributed by atoms with E-state index in [2.05, 4.69) is 56.7 Å². The lowest BCUT2D eigenvalue weighted by molar-refractivity contribution is -0.389. The molecule has 1 rings (SSSR count). The molecule has 0 unspecified atom stereocenters. The highest BCUT2D eigenvalue weighted by Gasteiger charge is 2.42. The monoisotopic (exact) mass is 368 g/mol. The first-order chi connectivity index (χ1) is 11.5. The molecule has 0 fully saturated rings. The molecular weight excluding hydrogens is 340 g/mol. The van der Waals surface area contributed by atoms with Gasteiger partial charge < -0.3 is 14.9 Å². The predicted octanol–water partition coefficient (Wildman–Crippen LogP) is 3.15. The first-order valence-corrected chi connectivity index (χ1v) is 10.0. The van der Waals surface area contributed by atoms with Crippen molar-refractivity contribution in [1.82, 2.24) is 9.78 Å². The molecule has 0 aliphatic carbocycles. The fourth-order valence-electron chi connectivity index (χ4n) is 3.51. The average molecular weight is 369 g/mol. The zero-order chi connectivity index (χ0) is 19.3. The van der Waals surface area contributed by atoms with Crippen molar-refractivity contribution in [3.05, 3.63) is 26.6 Å². The molecule has 1 aromatic rings. The molecule has 9 nitrogen and oxygen atoms in total. The third kappa shape index (κ3) is 6.15. The van der Waals surface area contributed by atoms with Crippen LogP contribution in [0, 0.1) is 10.1 Å². The molecule has 0 N–H and O–H groups in total. The maximum atomic E-state index is 11.2. The van der Waals surface area contributed by atoms with Gasteiger partial charge >= 0.3 is 5.82 Å². The Hall–Kier alpha value is -1.90. The molecule has 25 heavy (non-hydrogen) atoms. The Kier molecular flexibility index (Phi) is 7.15. The third-order valence-electron chi connectivity index (χ3n) is 3.86. The van der Waals surface area contributed by atoms with Crippen LogP contribution in [0.1, 0.15) is 41.5 Å². The molecule has 0 aliphatic heterocycles. The van der Waals surface area contributed by atoms with Crippen molar-refractivity contribution >= 4 is 19.9 Å². The van der Waals surface area contributed by atoms with Gasteiger partial charge in [0.2, 0.25) is 0 Å². The summed E-state index contributed by atoms with van der Waals surface area (Å²) < 4.78 is 7.17. The molecule has 0 saturated heterocycles. The number of hydrogen-bond acceptors (Lipinski definition) is 5. The minimum Gasteiger partial charge on any atom is -0.379 e. The Morgan fingerprint density at radius 1 is 1.32 bits per heavy atom. The molecule has 0 saturated carbocycles. The molecule has 0 spiro atoms. The van der Waals surface area contributed by atoms with E-state index >= 15 is 0 Å². The Labute approximate surface area is 149 Å². The fourth-order valence-corrected chi connectivity index (χ4v) is 8.68. The number of aromatic nitrogens is 2. The Morgan fingerprint density at radius 2 is 1.92 bits per heavy atom. The van der Waals surface area contributed by atoms with Crippen LogP contribution in [0.5, 0.6) is 0 Å². The van der Waals surface area contributed by atoms with E-state index in [4.69, 9.17) is 10.3 Å². The van der Waals surface area contributed by atoms with Crippen LogP contribution in [0.4, 0.5) is 5.82 Å². The Balaban J connectivity index is 3.07. The van der Waals surface area contributed by atoms with E-state index in [1.54, 1.807) is 10.7 Å². The topological polar surface area (TPSA) is 119 Å². The summed E-state index contributed by atoms with van der Waals surface area (Å²) in [5.74, 6) is -0.116. The van der Waals surface area contributed by atoms with Gasteiger partial charge in [-0.15, -0.1) is 0 Å². The number of ether oxygens (including phenoxy) is 1. The van der Waals surface area contributed by atoms with Crippen LogP contribution in [-0.4, -0.2) is 43.3 Å². The van der Waals surface area contributed by atoms with Crippen molar-refractivity contribution in [1.29, 1.82) is 0 Å². The van der Waals surface area contributed by atoms with Gasteiger partial charge in [-0.1, -0.05) is 46.7 Å². The second-order valence-corrected chi connectivity index (χ2v) is 13.1. The van der Waals surface area contributed by atoms with Crippen LogP contribution in [0.2, 0.25) is 10.1 Å². The van der Waals surface area contributed by atoms with Crippen molar-refractivity contribution < 1.29 is 9.66 Å². The molecule has 0 aromatic carbocycles. The van der Waals surface area contributed by atoms with Crippen LogP contribution in [0.25, 0.3) is 10.4 Å². The number of nitro groups is 1. The van der Waals surface area contributed by atoms with E-state index in [-0.39, 0.29) is 22.4 Å². The highest BCUT2D eigenvalue weighted by molar-refractivity contribution is 6.77. The van der Waals surface area contributed by atoms with Crippen molar-refractivity contribution in [3.63, 3.8) is 0 Å². The molecule has 1 aromatic heterocycles. The lowest BCUT2D eigenvalue weighted by atomic mass is 10.2. The lowest BCUT2D eigenvalue weighted by Gasteiger charge is -2.38. The first-order valence-electron chi connectivity index (χ1n) is 8.29. The normalized spacial score (nSPS) is 12.3. The maximum Gasteiger partial charge on any atom is 0.389 e. The quantitative estimate of drug-likeness (QED) is 0.133. The van der Waals surface area contributed by atoms with Gasteiger partial charge in [-0.25, -0.2) is 0 Å². The minimum absolute atomic E-state index is 0.0479. The molecule has 140 valence electrons. The zero-order valence-corrected chi connectivity index (χ0v) is 17.0. The maximum absolute atomic E-state index is 11.2. The van der Waals surface area contributed by atoms with Crippen molar-refractivity contribution in [3.8, 4) is 0 Å². The number of azide groups is 1. The van der Waals surface area contributed by atoms with Crippen LogP contribution in [-0.2, 0) is 11.3 Å². The van der Waals surface area contributed by atoms with E-state index in [0.29, 0.717) is 19.8 Å². The van der Waals surface area contributed by atoms with Gasteiger partial charge in [0, 0.05) is 16.8 Å². The fraction of sp³-hybridized carbons (Fsp3) is 0.800. The van der Waals surface area contributed by atoms with Crippen LogP contribution in [0.3, 0.4) is 0 Å². The van der Waals surface area contributed by atoms with Gasteiger partial charge in [0.25, 0.3) is 0 Å². The molecule has 0 bridgehead atoms. The van der Waals surface area contributed by atoms with Gasteiger partial charge in [-0.3, -0.25) is 0 Å².